The predicted octanol–water partition coefficient (Wildman–Crippen LogP) is 4.10. The Morgan fingerprint density at radius 2 is 1.88 bits per heavy atom. The molecule has 1 aliphatic rings. The first-order valence-electron chi connectivity index (χ1n) is 8.62. The van der Waals surface area contributed by atoms with E-state index < -0.39 is 10.0 Å². The fourth-order valence-corrected chi connectivity index (χ4v) is 5.19. The highest BCUT2D eigenvalue weighted by atomic mass is 32.2. The van der Waals surface area contributed by atoms with Crippen molar-refractivity contribution in [3.63, 3.8) is 0 Å². The number of rotatable bonds is 3. The van der Waals surface area contributed by atoms with E-state index in [0.29, 0.717) is 28.3 Å². The topological polar surface area (TPSA) is 63.4 Å². The number of benzene rings is 2. The molecular weight excluding hydrogens is 348 g/mol. The number of para-hydroxylation sites is 1. The van der Waals surface area contributed by atoms with Crippen LogP contribution in [-0.4, -0.2) is 20.1 Å². The maximum absolute atomic E-state index is 13.4. The van der Waals surface area contributed by atoms with Crippen LogP contribution in [0, 0.1) is 13.8 Å². The summed E-state index contributed by atoms with van der Waals surface area (Å²) >= 11 is 0. The Labute approximate surface area is 153 Å². The zero-order valence-electron chi connectivity index (χ0n) is 14.8. The lowest BCUT2D eigenvalue weighted by molar-refractivity contribution is 0.427. The normalized spacial score (nSPS) is 14.3. The molecule has 0 N–H and O–H groups in total. The van der Waals surface area contributed by atoms with E-state index in [9.17, 15) is 8.42 Å². The smallest absolute Gasteiger partial charge is 0.264 e. The number of anilines is 1. The third-order valence-electron chi connectivity index (χ3n) is 4.74. The van der Waals surface area contributed by atoms with Crippen molar-refractivity contribution in [1.82, 2.24) is 5.16 Å². The Balaban J connectivity index is 1.82. The Morgan fingerprint density at radius 3 is 2.65 bits per heavy atom. The number of nitrogens with zero attached hydrogens (tertiary/aromatic N) is 2. The molecule has 5 nitrogen and oxygen atoms in total. The van der Waals surface area contributed by atoms with E-state index in [1.807, 2.05) is 50.2 Å². The Hall–Kier alpha value is -2.60. The Morgan fingerprint density at radius 1 is 1.08 bits per heavy atom. The van der Waals surface area contributed by atoms with Crippen LogP contribution < -0.4 is 4.31 Å². The highest BCUT2D eigenvalue weighted by Crippen LogP contribution is 2.34. The van der Waals surface area contributed by atoms with Crippen molar-refractivity contribution in [2.75, 3.05) is 10.8 Å². The molecule has 0 radical (unpaired) electrons. The van der Waals surface area contributed by atoms with Gasteiger partial charge < -0.3 is 4.52 Å². The summed E-state index contributed by atoms with van der Waals surface area (Å²) in [6.07, 6.45) is 1.72. The highest BCUT2D eigenvalue weighted by Gasteiger charge is 2.30. The molecule has 2 aromatic carbocycles. The van der Waals surface area contributed by atoms with Gasteiger partial charge in [0.15, 0.2) is 5.76 Å². The largest absolute Gasteiger partial charge is 0.356 e. The van der Waals surface area contributed by atoms with E-state index in [4.69, 9.17) is 4.52 Å². The summed E-state index contributed by atoms with van der Waals surface area (Å²) < 4.78 is 33.7. The van der Waals surface area contributed by atoms with Crippen molar-refractivity contribution >= 4 is 15.7 Å². The summed E-state index contributed by atoms with van der Waals surface area (Å²) in [5.74, 6) is 0.568. The van der Waals surface area contributed by atoms with Gasteiger partial charge in [-0.2, -0.15) is 0 Å². The molecule has 0 saturated carbocycles. The standard InChI is InChI=1S/C20H20N2O3S/c1-14-9-10-17(19-12-15(2)21-25-19)13-20(14)26(23,24)22-11-5-7-16-6-3-4-8-18(16)22/h3-4,6,8-10,12-13H,5,7,11H2,1-2H3. The van der Waals surface area contributed by atoms with Gasteiger partial charge in [-0.25, -0.2) is 8.42 Å². The highest BCUT2D eigenvalue weighted by molar-refractivity contribution is 7.92. The van der Waals surface area contributed by atoms with Gasteiger partial charge >= 0.3 is 0 Å². The van der Waals surface area contributed by atoms with Gasteiger partial charge in [-0.15, -0.1) is 0 Å². The van der Waals surface area contributed by atoms with Crippen molar-refractivity contribution in [1.29, 1.82) is 0 Å². The van der Waals surface area contributed by atoms with Gasteiger partial charge in [0.1, 0.15) is 0 Å². The van der Waals surface area contributed by atoms with Gasteiger partial charge in [-0.3, -0.25) is 4.31 Å². The number of aryl methyl sites for hydroxylation is 3. The average molecular weight is 368 g/mol. The third kappa shape index (κ3) is 2.80. The monoisotopic (exact) mass is 368 g/mol. The first-order valence-corrected chi connectivity index (χ1v) is 10.1. The van der Waals surface area contributed by atoms with Crippen LogP contribution in [0.3, 0.4) is 0 Å². The van der Waals surface area contributed by atoms with E-state index in [0.717, 1.165) is 29.8 Å². The number of aromatic nitrogens is 1. The van der Waals surface area contributed by atoms with Gasteiger partial charge in [0.05, 0.1) is 16.3 Å². The summed E-state index contributed by atoms with van der Waals surface area (Å²) in [6.45, 7) is 4.14. The fraction of sp³-hybridized carbons (Fsp3) is 0.250. The summed E-state index contributed by atoms with van der Waals surface area (Å²) in [5.41, 5.74) is 4.03. The average Bonchev–Trinajstić information content (AvgIpc) is 3.08. The van der Waals surface area contributed by atoms with E-state index in [1.165, 1.54) is 4.31 Å². The van der Waals surface area contributed by atoms with Crippen molar-refractivity contribution < 1.29 is 12.9 Å². The van der Waals surface area contributed by atoms with Gasteiger partial charge in [0.2, 0.25) is 0 Å². The molecule has 1 aliphatic heterocycles. The van der Waals surface area contributed by atoms with Crippen LogP contribution in [0.15, 0.2) is 57.9 Å². The summed E-state index contributed by atoms with van der Waals surface area (Å²) in [7, 11) is -3.66. The lowest BCUT2D eigenvalue weighted by Crippen LogP contribution is -2.35. The number of sulfonamides is 1. The molecule has 0 amide bonds. The second kappa shape index (κ2) is 6.29. The van der Waals surface area contributed by atoms with Crippen molar-refractivity contribution in [3.8, 4) is 11.3 Å². The minimum absolute atomic E-state index is 0.306. The van der Waals surface area contributed by atoms with Crippen molar-refractivity contribution in [2.45, 2.75) is 31.6 Å². The molecule has 134 valence electrons. The quantitative estimate of drug-likeness (QED) is 0.698. The Kier molecular flexibility index (Phi) is 4.07. The van der Waals surface area contributed by atoms with E-state index in [2.05, 4.69) is 5.16 Å². The number of hydrogen-bond donors (Lipinski definition) is 0. The molecule has 0 atom stereocenters. The number of fused-ring (bicyclic) bond motifs is 1. The zero-order chi connectivity index (χ0) is 18.3. The summed E-state index contributed by atoms with van der Waals surface area (Å²) in [6, 6.07) is 14.9. The van der Waals surface area contributed by atoms with Crippen LogP contribution in [0.1, 0.15) is 23.2 Å². The lowest BCUT2D eigenvalue weighted by atomic mass is 10.0. The molecule has 0 aliphatic carbocycles. The van der Waals surface area contributed by atoms with Crippen LogP contribution in [0.2, 0.25) is 0 Å². The molecular formula is C20H20N2O3S. The van der Waals surface area contributed by atoms with Gasteiger partial charge in [-0.05, 0) is 49.9 Å². The molecule has 1 aromatic heterocycles. The van der Waals surface area contributed by atoms with E-state index in [1.54, 1.807) is 12.1 Å². The first kappa shape index (κ1) is 16.8. The molecule has 0 bridgehead atoms. The second-order valence-electron chi connectivity index (χ2n) is 6.62. The molecule has 0 spiro atoms. The third-order valence-corrected chi connectivity index (χ3v) is 6.69. The molecule has 0 unspecified atom stereocenters. The van der Waals surface area contributed by atoms with Crippen LogP contribution in [0.4, 0.5) is 5.69 Å². The summed E-state index contributed by atoms with van der Waals surface area (Å²) in [4.78, 5) is 0.306. The molecule has 0 fully saturated rings. The molecule has 26 heavy (non-hydrogen) atoms. The van der Waals surface area contributed by atoms with Crippen molar-refractivity contribution in [2.24, 2.45) is 0 Å². The first-order chi connectivity index (χ1) is 12.5. The Bertz CT molecular complexity index is 1070. The zero-order valence-corrected chi connectivity index (χ0v) is 15.6. The summed E-state index contributed by atoms with van der Waals surface area (Å²) in [5, 5.41) is 3.89. The second-order valence-corrected chi connectivity index (χ2v) is 8.45. The maximum atomic E-state index is 13.4. The SMILES string of the molecule is Cc1cc(-c2ccc(C)c(S(=O)(=O)N3CCCc4ccccc43)c2)on1. The molecule has 0 saturated heterocycles. The van der Waals surface area contributed by atoms with Crippen molar-refractivity contribution in [3.05, 3.63) is 65.4 Å². The van der Waals surface area contributed by atoms with Crippen LogP contribution >= 0.6 is 0 Å². The molecule has 6 heteroatoms. The van der Waals surface area contributed by atoms with Crippen LogP contribution in [-0.2, 0) is 16.4 Å². The van der Waals surface area contributed by atoms with Gasteiger partial charge in [0.25, 0.3) is 10.0 Å². The van der Waals surface area contributed by atoms with Crippen LogP contribution in [0.5, 0.6) is 0 Å². The number of hydrogen-bond acceptors (Lipinski definition) is 4. The van der Waals surface area contributed by atoms with E-state index in [-0.39, 0.29) is 0 Å². The van der Waals surface area contributed by atoms with Crippen LogP contribution in [0.25, 0.3) is 11.3 Å². The minimum atomic E-state index is -3.66. The van der Waals surface area contributed by atoms with Gasteiger partial charge in [0, 0.05) is 18.2 Å². The van der Waals surface area contributed by atoms with E-state index >= 15 is 0 Å². The van der Waals surface area contributed by atoms with Gasteiger partial charge in [-0.1, -0.05) is 35.5 Å². The molecule has 3 aromatic rings. The molecule has 2 heterocycles. The predicted molar refractivity (Wildman–Crippen MR) is 101 cm³/mol. The maximum Gasteiger partial charge on any atom is 0.264 e. The minimum Gasteiger partial charge on any atom is -0.356 e. The lowest BCUT2D eigenvalue weighted by Gasteiger charge is -2.31. The molecule has 4 rings (SSSR count). The fourth-order valence-electron chi connectivity index (χ4n) is 3.40.